The van der Waals surface area contributed by atoms with E-state index >= 15 is 0 Å². The molecule has 0 saturated carbocycles. The van der Waals surface area contributed by atoms with Gasteiger partial charge in [0.1, 0.15) is 0 Å². The molecule has 1 aromatic carbocycles. The predicted octanol–water partition coefficient (Wildman–Crippen LogP) is 3.41. The van der Waals surface area contributed by atoms with Gasteiger partial charge in [-0.15, -0.1) is 0 Å². The molecule has 0 unspecified atom stereocenters. The van der Waals surface area contributed by atoms with Crippen molar-refractivity contribution >= 4 is 17.8 Å². The summed E-state index contributed by atoms with van der Waals surface area (Å²) in [5.41, 5.74) is 3.01. The lowest BCUT2D eigenvalue weighted by molar-refractivity contribution is -0.384. The van der Waals surface area contributed by atoms with E-state index in [1.54, 1.807) is 12.1 Å². The molecule has 0 aliphatic heterocycles. The van der Waals surface area contributed by atoms with Crippen LogP contribution in [-0.2, 0) is 4.79 Å². The maximum absolute atomic E-state index is 11.5. The van der Waals surface area contributed by atoms with E-state index in [4.69, 9.17) is 0 Å². The molecule has 0 radical (unpaired) electrons. The van der Waals surface area contributed by atoms with E-state index in [0.717, 1.165) is 19.3 Å². The average molecular weight is 291 g/mol. The van der Waals surface area contributed by atoms with Gasteiger partial charge in [-0.25, -0.2) is 5.43 Å². The Labute approximate surface area is 124 Å². The number of carbonyl (C=O) groups excluding carboxylic acids is 1. The molecule has 0 atom stereocenters. The van der Waals surface area contributed by atoms with Gasteiger partial charge in [0.15, 0.2) is 0 Å². The largest absolute Gasteiger partial charge is 0.273 e. The molecule has 21 heavy (non-hydrogen) atoms. The van der Waals surface area contributed by atoms with Crippen molar-refractivity contribution in [2.45, 2.75) is 45.4 Å². The number of nitro benzene ring substituents is 1. The fraction of sp³-hybridized carbons (Fsp3) is 0.467. The Bertz CT molecular complexity index is 501. The summed E-state index contributed by atoms with van der Waals surface area (Å²) in [6.07, 6.45) is 7.30. The van der Waals surface area contributed by atoms with Crippen molar-refractivity contribution in [2.24, 2.45) is 5.10 Å². The third-order valence-electron chi connectivity index (χ3n) is 2.99. The molecule has 0 fully saturated rings. The normalized spacial score (nSPS) is 10.7. The molecular weight excluding hydrogens is 270 g/mol. The molecule has 6 heteroatoms. The summed E-state index contributed by atoms with van der Waals surface area (Å²) >= 11 is 0. The first-order chi connectivity index (χ1) is 10.1. The Hall–Kier alpha value is -2.24. The minimum Gasteiger partial charge on any atom is -0.273 e. The van der Waals surface area contributed by atoms with E-state index in [1.165, 1.54) is 31.2 Å². The van der Waals surface area contributed by atoms with Crippen molar-refractivity contribution < 1.29 is 9.72 Å². The topological polar surface area (TPSA) is 84.6 Å². The van der Waals surface area contributed by atoms with Crippen LogP contribution < -0.4 is 5.43 Å². The number of carbonyl (C=O) groups is 1. The number of hydrogen-bond donors (Lipinski definition) is 1. The van der Waals surface area contributed by atoms with E-state index < -0.39 is 4.92 Å². The second-order valence-electron chi connectivity index (χ2n) is 4.81. The van der Waals surface area contributed by atoms with Gasteiger partial charge in [-0.2, -0.15) is 5.10 Å². The molecule has 1 amide bonds. The van der Waals surface area contributed by atoms with E-state index in [9.17, 15) is 14.9 Å². The van der Waals surface area contributed by atoms with Crippen LogP contribution in [0.4, 0.5) is 5.69 Å². The van der Waals surface area contributed by atoms with Gasteiger partial charge in [0, 0.05) is 24.1 Å². The van der Waals surface area contributed by atoms with Crippen molar-refractivity contribution in [3.63, 3.8) is 0 Å². The van der Waals surface area contributed by atoms with E-state index in [2.05, 4.69) is 17.5 Å². The quantitative estimate of drug-likeness (QED) is 0.327. The first kappa shape index (κ1) is 16.8. The van der Waals surface area contributed by atoms with Gasteiger partial charge in [0.25, 0.3) is 5.69 Å². The molecule has 1 N–H and O–H groups in total. The average Bonchev–Trinajstić information content (AvgIpc) is 2.47. The maximum Gasteiger partial charge on any atom is 0.270 e. The highest BCUT2D eigenvalue weighted by Crippen LogP contribution is 2.11. The summed E-state index contributed by atoms with van der Waals surface area (Å²) in [6.45, 7) is 2.15. The zero-order valence-electron chi connectivity index (χ0n) is 12.2. The zero-order valence-corrected chi connectivity index (χ0v) is 12.2. The number of rotatable bonds is 9. The lowest BCUT2D eigenvalue weighted by atomic mass is 10.1. The van der Waals surface area contributed by atoms with Crippen molar-refractivity contribution in [3.8, 4) is 0 Å². The fourth-order valence-corrected chi connectivity index (χ4v) is 1.84. The fourth-order valence-electron chi connectivity index (χ4n) is 1.84. The number of hydrazone groups is 1. The number of hydrogen-bond acceptors (Lipinski definition) is 4. The zero-order chi connectivity index (χ0) is 15.5. The van der Waals surface area contributed by atoms with Crippen LogP contribution in [0.2, 0.25) is 0 Å². The van der Waals surface area contributed by atoms with Crippen LogP contribution in [-0.4, -0.2) is 17.0 Å². The number of nitrogens with one attached hydrogen (secondary N) is 1. The summed E-state index contributed by atoms with van der Waals surface area (Å²) in [5.74, 6) is -0.131. The van der Waals surface area contributed by atoms with Crippen LogP contribution in [0.1, 0.15) is 51.0 Å². The van der Waals surface area contributed by atoms with E-state index in [0.29, 0.717) is 12.0 Å². The molecule has 0 bridgehead atoms. The first-order valence-electron chi connectivity index (χ1n) is 7.20. The monoisotopic (exact) mass is 291 g/mol. The standard InChI is InChI=1S/C15H21N3O3/c1-2-3-4-5-6-10-15(19)17-16-12-13-8-7-9-14(11-13)18(20)21/h7-9,11-12H,2-6,10H2,1H3,(H,17,19)/b16-12-. The van der Waals surface area contributed by atoms with Gasteiger partial charge in [-0.05, 0) is 6.42 Å². The van der Waals surface area contributed by atoms with Gasteiger partial charge in [-0.1, -0.05) is 44.7 Å². The number of benzene rings is 1. The molecule has 0 heterocycles. The molecule has 6 nitrogen and oxygen atoms in total. The Kier molecular flexibility index (Phi) is 7.71. The molecule has 0 saturated heterocycles. The van der Waals surface area contributed by atoms with Gasteiger partial charge in [0.05, 0.1) is 11.1 Å². The molecule has 0 aromatic heterocycles. The second-order valence-corrected chi connectivity index (χ2v) is 4.81. The van der Waals surface area contributed by atoms with Crippen molar-refractivity contribution in [1.82, 2.24) is 5.43 Å². The highest BCUT2D eigenvalue weighted by Gasteiger charge is 2.04. The third-order valence-corrected chi connectivity index (χ3v) is 2.99. The second kappa shape index (κ2) is 9.63. The minimum atomic E-state index is -0.466. The molecule has 0 spiro atoms. The molecule has 114 valence electrons. The summed E-state index contributed by atoms with van der Waals surface area (Å²) in [7, 11) is 0. The summed E-state index contributed by atoms with van der Waals surface area (Å²) < 4.78 is 0. The Morgan fingerprint density at radius 2 is 2.10 bits per heavy atom. The number of unbranched alkanes of at least 4 members (excludes halogenated alkanes) is 4. The highest BCUT2D eigenvalue weighted by molar-refractivity contribution is 5.83. The van der Waals surface area contributed by atoms with Crippen LogP contribution >= 0.6 is 0 Å². The van der Waals surface area contributed by atoms with Gasteiger partial charge in [-0.3, -0.25) is 14.9 Å². The van der Waals surface area contributed by atoms with Crippen LogP contribution in [0.5, 0.6) is 0 Å². The molecule has 0 aliphatic rings. The van der Waals surface area contributed by atoms with Crippen molar-refractivity contribution in [3.05, 3.63) is 39.9 Å². The van der Waals surface area contributed by atoms with E-state index in [1.807, 2.05) is 0 Å². The van der Waals surface area contributed by atoms with Crippen molar-refractivity contribution in [1.29, 1.82) is 0 Å². The third kappa shape index (κ3) is 7.20. The predicted molar refractivity (Wildman–Crippen MR) is 82.2 cm³/mol. The minimum absolute atomic E-state index is 0.00111. The van der Waals surface area contributed by atoms with Gasteiger partial charge in [0.2, 0.25) is 5.91 Å². The highest BCUT2D eigenvalue weighted by atomic mass is 16.6. The Morgan fingerprint density at radius 3 is 2.81 bits per heavy atom. The maximum atomic E-state index is 11.5. The summed E-state index contributed by atoms with van der Waals surface area (Å²) in [4.78, 5) is 21.7. The number of non-ortho nitro benzene ring substituents is 1. The van der Waals surface area contributed by atoms with Crippen LogP contribution in [0.25, 0.3) is 0 Å². The SMILES string of the molecule is CCCCCCCC(=O)N/N=C\c1cccc([N+](=O)[O-])c1. The Morgan fingerprint density at radius 1 is 1.33 bits per heavy atom. The number of amides is 1. The van der Waals surface area contributed by atoms with E-state index in [-0.39, 0.29) is 11.6 Å². The Balaban J connectivity index is 2.32. The van der Waals surface area contributed by atoms with Crippen LogP contribution in [0.3, 0.4) is 0 Å². The molecule has 0 aliphatic carbocycles. The summed E-state index contributed by atoms with van der Waals surface area (Å²) in [5, 5.41) is 14.4. The molecule has 1 rings (SSSR count). The lowest BCUT2D eigenvalue weighted by Crippen LogP contribution is -2.16. The van der Waals surface area contributed by atoms with Crippen LogP contribution in [0, 0.1) is 10.1 Å². The van der Waals surface area contributed by atoms with Gasteiger partial charge < -0.3 is 0 Å². The van der Waals surface area contributed by atoms with Gasteiger partial charge >= 0.3 is 0 Å². The number of nitro groups is 1. The molecule has 1 aromatic rings. The smallest absolute Gasteiger partial charge is 0.270 e. The summed E-state index contributed by atoms with van der Waals surface area (Å²) in [6, 6.07) is 6.08. The van der Waals surface area contributed by atoms with Crippen molar-refractivity contribution in [2.75, 3.05) is 0 Å². The first-order valence-corrected chi connectivity index (χ1v) is 7.20. The molecular formula is C15H21N3O3. The number of nitrogens with zero attached hydrogens (tertiary/aromatic N) is 2. The van der Waals surface area contributed by atoms with Crippen LogP contribution in [0.15, 0.2) is 29.4 Å². The lowest BCUT2D eigenvalue weighted by Gasteiger charge is -2.00.